The van der Waals surface area contributed by atoms with Gasteiger partial charge >= 0.3 is 0 Å². The summed E-state index contributed by atoms with van der Waals surface area (Å²) in [4.78, 5) is 27.4. The zero-order chi connectivity index (χ0) is 23.6. The fourth-order valence-electron chi connectivity index (χ4n) is 5.22. The monoisotopic (exact) mass is 449 g/mol. The summed E-state index contributed by atoms with van der Waals surface area (Å²) in [6, 6.07) is 14.7. The number of nitrogens with one attached hydrogen (secondary N) is 2. The molecule has 1 fully saturated rings. The van der Waals surface area contributed by atoms with E-state index in [9.17, 15) is 9.59 Å². The van der Waals surface area contributed by atoms with Crippen LogP contribution in [0.4, 0.5) is 5.69 Å². The van der Waals surface area contributed by atoms with Crippen molar-refractivity contribution < 1.29 is 14.8 Å². The Morgan fingerprint density at radius 3 is 2.52 bits per heavy atom. The number of rotatable bonds is 5. The van der Waals surface area contributed by atoms with Crippen LogP contribution in [0.2, 0.25) is 0 Å². The van der Waals surface area contributed by atoms with Gasteiger partial charge in [0.25, 0.3) is 0 Å². The van der Waals surface area contributed by atoms with Crippen LogP contribution in [0.25, 0.3) is 11.1 Å². The van der Waals surface area contributed by atoms with Gasteiger partial charge in [-0.3, -0.25) is 14.8 Å². The molecular weight excluding hydrogens is 414 g/mol. The first kappa shape index (κ1) is 23.5. The SMILES string of the molecule is CC(C)N(C(=O)C1(C)CCNCC1)c1cccc(-c2ccc3c(c2)CCC(C(=O)NO)C3)c1. The lowest BCUT2D eigenvalue weighted by molar-refractivity contribution is -0.133. The van der Waals surface area contributed by atoms with Crippen LogP contribution >= 0.6 is 0 Å². The fraction of sp³-hybridized carbons (Fsp3) is 0.481. The van der Waals surface area contributed by atoms with Crippen molar-refractivity contribution in [2.24, 2.45) is 11.3 Å². The minimum atomic E-state index is -0.339. The average Bonchev–Trinajstić information content (AvgIpc) is 2.83. The van der Waals surface area contributed by atoms with Gasteiger partial charge in [0.2, 0.25) is 11.8 Å². The molecule has 1 unspecified atom stereocenters. The largest absolute Gasteiger partial charge is 0.317 e. The van der Waals surface area contributed by atoms with Crippen LogP contribution in [0, 0.1) is 11.3 Å². The van der Waals surface area contributed by atoms with Gasteiger partial charge in [-0.1, -0.05) is 37.3 Å². The van der Waals surface area contributed by atoms with Crippen molar-refractivity contribution in [1.29, 1.82) is 0 Å². The van der Waals surface area contributed by atoms with Crippen molar-refractivity contribution in [2.75, 3.05) is 18.0 Å². The minimum Gasteiger partial charge on any atom is -0.317 e. The van der Waals surface area contributed by atoms with Gasteiger partial charge in [-0.2, -0.15) is 0 Å². The Morgan fingerprint density at radius 1 is 1.09 bits per heavy atom. The van der Waals surface area contributed by atoms with Crippen LogP contribution < -0.4 is 15.7 Å². The van der Waals surface area contributed by atoms with Gasteiger partial charge in [0.1, 0.15) is 0 Å². The molecule has 176 valence electrons. The van der Waals surface area contributed by atoms with E-state index in [-0.39, 0.29) is 29.2 Å². The first-order chi connectivity index (χ1) is 15.8. The Morgan fingerprint density at radius 2 is 1.82 bits per heavy atom. The summed E-state index contributed by atoms with van der Waals surface area (Å²) in [5.74, 6) is -0.285. The van der Waals surface area contributed by atoms with Crippen molar-refractivity contribution in [3.05, 3.63) is 53.6 Å². The van der Waals surface area contributed by atoms with E-state index in [1.165, 1.54) is 5.56 Å². The third-order valence-corrected chi connectivity index (χ3v) is 7.33. The highest BCUT2D eigenvalue weighted by molar-refractivity contribution is 5.98. The summed E-state index contributed by atoms with van der Waals surface area (Å²) in [6.07, 6.45) is 3.89. The Labute approximate surface area is 196 Å². The molecule has 6 nitrogen and oxygen atoms in total. The van der Waals surface area contributed by atoms with E-state index in [1.807, 2.05) is 17.0 Å². The number of carbonyl (C=O) groups excluding carboxylic acids is 2. The zero-order valence-corrected chi connectivity index (χ0v) is 19.9. The third kappa shape index (κ3) is 4.82. The summed E-state index contributed by atoms with van der Waals surface area (Å²) in [5, 5.41) is 12.3. The lowest BCUT2D eigenvalue weighted by Crippen LogP contribution is -2.50. The molecule has 1 saturated heterocycles. The molecule has 33 heavy (non-hydrogen) atoms. The number of piperidine rings is 1. The van der Waals surface area contributed by atoms with Crippen molar-refractivity contribution in [1.82, 2.24) is 10.8 Å². The summed E-state index contributed by atoms with van der Waals surface area (Å²) >= 11 is 0. The maximum Gasteiger partial charge on any atom is 0.246 e. The molecule has 2 aromatic carbocycles. The van der Waals surface area contributed by atoms with Gasteiger partial charge in [-0.05, 0) is 93.4 Å². The van der Waals surface area contributed by atoms with E-state index in [0.29, 0.717) is 6.42 Å². The summed E-state index contributed by atoms with van der Waals surface area (Å²) in [7, 11) is 0. The van der Waals surface area contributed by atoms with Crippen molar-refractivity contribution in [2.45, 2.75) is 58.9 Å². The molecule has 0 aromatic heterocycles. The molecule has 2 aliphatic rings. The topological polar surface area (TPSA) is 81.7 Å². The van der Waals surface area contributed by atoms with E-state index in [0.717, 1.165) is 61.2 Å². The van der Waals surface area contributed by atoms with Crippen LogP contribution in [0.3, 0.4) is 0 Å². The number of anilines is 1. The van der Waals surface area contributed by atoms with Gasteiger partial charge in [0, 0.05) is 23.1 Å². The zero-order valence-electron chi connectivity index (χ0n) is 19.9. The molecular formula is C27H35N3O3. The van der Waals surface area contributed by atoms with Crippen molar-refractivity contribution >= 4 is 17.5 Å². The van der Waals surface area contributed by atoms with Gasteiger partial charge < -0.3 is 10.2 Å². The second-order valence-corrected chi connectivity index (χ2v) is 10.0. The predicted molar refractivity (Wildman–Crippen MR) is 130 cm³/mol. The van der Waals surface area contributed by atoms with E-state index in [1.54, 1.807) is 5.48 Å². The second kappa shape index (κ2) is 9.65. The standard InChI is InChI=1S/C27H35N3O3/c1-18(2)30(26(32)27(3)11-13-28-14-12-27)24-6-4-5-19(17-24)20-7-8-22-16-23(25(31)29-33)10-9-21(22)15-20/h4-8,15,17-18,23,28,33H,9-14,16H2,1-3H3,(H,29,31). The predicted octanol–water partition coefficient (Wildman–Crippen LogP) is 4.10. The molecule has 1 atom stereocenters. The van der Waals surface area contributed by atoms with Gasteiger partial charge in [0.15, 0.2) is 0 Å². The lowest BCUT2D eigenvalue weighted by Gasteiger charge is -2.39. The van der Waals surface area contributed by atoms with Crippen molar-refractivity contribution in [3.63, 3.8) is 0 Å². The molecule has 2 aromatic rings. The Kier molecular flexibility index (Phi) is 6.86. The van der Waals surface area contributed by atoms with Crippen molar-refractivity contribution in [3.8, 4) is 11.1 Å². The number of fused-ring (bicyclic) bond motifs is 1. The maximum atomic E-state index is 13.7. The molecule has 0 bridgehead atoms. The smallest absolute Gasteiger partial charge is 0.246 e. The summed E-state index contributed by atoms with van der Waals surface area (Å²) in [5.41, 5.74) is 6.99. The molecule has 1 aliphatic carbocycles. The lowest BCUT2D eigenvalue weighted by atomic mass is 9.79. The van der Waals surface area contributed by atoms with Crippen LogP contribution in [0.15, 0.2) is 42.5 Å². The number of hydrogen-bond donors (Lipinski definition) is 3. The Balaban J connectivity index is 1.61. The van der Waals surface area contributed by atoms with Gasteiger partial charge in [0.05, 0.1) is 0 Å². The van der Waals surface area contributed by atoms with E-state index in [2.05, 4.69) is 56.4 Å². The molecule has 0 saturated carbocycles. The van der Waals surface area contributed by atoms with Gasteiger partial charge in [-0.25, -0.2) is 5.48 Å². The summed E-state index contributed by atoms with van der Waals surface area (Å²) < 4.78 is 0. The Bertz CT molecular complexity index is 1030. The first-order valence-corrected chi connectivity index (χ1v) is 12.0. The highest BCUT2D eigenvalue weighted by Gasteiger charge is 2.39. The molecule has 1 aliphatic heterocycles. The van der Waals surface area contributed by atoms with Crippen LogP contribution in [0.5, 0.6) is 0 Å². The maximum absolute atomic E-state index is 13.7. The number of hydrogen-bond acceptors (Lipinski definition) is 4. The number of aryl methyl sites for hydroxylation is 1. The third-order valence-electron chi connectivity index (χ3n) is 7.33. The van der Waals surface area contributed by atoms with Crippen LogP contribution in [-0.2, 0) is 22.4 Å². The number of amides is 2. The Hall–Kier alpha value is -2.70. The van der Waals surface area contributed by atoms with E-state index >= 15 is 0 Å². The molecule has 0 spiro atoms. The average molecular weight is 450 g/mol. The van der Waals surface area contributed by atoms with E-state index < -0.39 is 0 Å². The molecule has 3 N–H and O–H groups in total. The minimum absolute atomic E-state index is 0.0672. The van der Waals surface area contributed by atoms with Crippen LogP contribution in [-0.4, -0.2) is 36.2 Å². The summed E-state index contributed by atoms with van der Waals surface area (Å²) in [6.45, 7) is 8.01. The number of carbonyl (C=O) groups is 2. The quantitative estimate of drug-likeness (QED) is 0.474. The second-order valence-electron chi connectivity index (χ2n) is 10.0. The molecule has 4 rings (SSSR count). The highest BCUT2D eigenvalue weighted by atomic mass is 16.5. The van der Waals surface area contributed by atoms with Gasteiger partial charge in [-0.15, -0.1) is 0 Å². The van der Waals surface area contributed by atoms with Crippen LogP contribution in [0.1, 0.15) is 51.2 Å². The van der Waals surface area contributed by atoms with E-state index in [4.69, 9.17) is 5.21 Å². The molecule has 1 heterocycles. The number of benzene rings is 2. The fourth-order valence-corrected chi connectivity index (χ4v) is 5.22. The number of nitrogens with zero attached hydrogens (tertiary/aromatic N) is 1. The number of hydroxylamine groups is 1. The normalized spacial score (nSPS) is 19.6. The first-order valence-electron chi connectivity index (χ1n) is 12.0. The molecule has 6 heteroatoms. The molecule has 2 amide bonds. The highest BCUT2D eigenvalue weighted by Crippen LogP contribution is 2.36. The molecule has 0 radical (unpaired) electrons.